The van der Waals surface area contributed by atoms with E-state index >= 15 is 0 Å². The van der Waals surface area contributed by atoms with Crippen LogP contribution in [0.3, 0.4) is 0 Å². The molecule has 0 aliphatic carbocycles. The van der Waals surface area contributed by atoms with Crippen LogP contribution in [-0.4, -0.2) is 40.0 Å². The normalized spacial score (nSPS) is 11.2. The second kappa shape index (κ2) is 8.00. The Morgan fingerprint density at radius 3 is 2.40 bits per heavy atom. The van der Waals surface area contributed by atoms with Crippen LogP contribution in [0.5, 0.6) is 5.75 Å². The Kier molecular flexibility index (Phi) is 6.00. The maximum Gasteiger partial charge on any atom is 0.319 e. The number of benzene rings is 2. The van der Waals surface area contributed by atoms with Crippen LogP contribution in [0.15, 0.2) is 53.4 Å². The van der Waals surface area contributed by atoms with E-state index in [1.54, 1.807) is 42.5 Å². The van der Waals surface area contributed by atoms with Crippen LogP contribution in [0.1, 0.15) is 5.56 Å². The molecule has 2 rings (SSSR count). The van der Waals surface area contributed by atoms with E-state index in [4.69, 9.17) is 4.74 Å². The summed E-state index contributed by atoms with van der Waals surface area (Å²) in [5.41, 5.74) is 1.03. The van der Waals surface area contributed by atoms with E-state index in [0.717, 1.165) is 4.31 Å². The number of rotatable bonds is 6. The van der Waals surface area contributed by atoms with E-state index in [1.165, 1.54) is 27.3 Å². The van der Waals surface area contributed by atoms with Crippen molar-refractivity contribution in [3.05, 3.63) is 54.1 Å². The Balaban J connectivity index is 2.11. The molecule has 25 heavy (non-hydrogen) atoms. The number of hydrogen-bond donors (Lipinski definition) is 2. The molecule has 7 nitrogen and oxygen atoms in total. The minimum atomic E-state index is -3.58. The van der Waals surface area contributed by atoms with Gasteiger partial charge in [0.05, 0.1) is 17.7 Å². The van der Waals surface area contributed by atoms with Crippen molar-refractivity contribution < 1.29 is 17.9 Å². The zero-order valence-electron chi connectivity index (χ0n) is 14.3. The van der Waals surface area contributed by atoms with Gasteiger partial charge in [0, 0.05) is 20.6 Å². The number of carbonyl (C=O) groups is 1. The number of anilines is 1. The van der Waals surface area contributed by atoms with Crippen molar-refractivity contribution in [1.82, 2.24) is 9.62 Å². The maximum absolute atomic E-state index is 12.4. The summed E-state index contributed by atoms with van der Waals surface area (Å²) in [5, 5.41) is 5.34. The van der Waals surface area contributed by atoms with Crippen molar-refractivity contribution in [2.75, 3.05) is 26.5 Å². The van der Waals surface area contributed by atoms with Gasteiger partial charge in [-0.1, -0.05) is 30.3 Å². The molecule has 0 fully saturated rings. The molecule has 0 saturated carbocycles. The van der Waals surface area contributed by atoms with Crippen molar-refractivity contribution in [2.24, 2.45) is 0 Å². The molecule has 0 heterocycles. The first-order valence-electron chi connectivity index (χ1n) is 7.54. The molecule has 0 aliphatic rings. The third-order valence-electron chi connectivity index (χ3n) is 3.53. The number of amides is 2. The summed E-state index contributed by atoms with van der Waals surface area (Å²) in [4.78, 5) is 12.3. The Bertz CT molecular complexity index is 850. The van der Waals surface area contributed by atoms with Crippen LogP contribution in [0, 0.1) is 0 Å². The molecule has 0 radical (unpaired) electrons. The molecule has 0 aliphatic heterocycles. The second-order valence-corrected chi connectivity index (χ2v) is 7.52. The highest BCUT2D eigenvalue weighted by Crippen LogP contribution is 2.23. The molecule has 2 amide bonds. The van der Waals surface area contributed by atoms with E-state index in [1.807, 2.05) is 0 Å². The first-order valence-corrected chi connectivity index (χ1v) is 8.98. The molecule has 0 unspecified atom stereocenters. The molecule has 0 aromatic heterocycles. The fourth-order valence-electron chi connectivity index (χ4n) is 2.19. The molecular weight excluding hydrogens is 342 g/mol. The lowest BCUT2D eigenvalue weighted by Crippen LogP contribution is -2.30. The van der Waals surface area contributed by atoms with Crippen LogP contribution in [-0.2, 0) is 16.6 Å². The topological polar surface area (TPSA) is 87.7 Å². The van der Waals surface area contributed by atoms with Gasteiger partial charge >= 0.3 is 6.03 Å². The fraction of sp³-hybridized carbons (Fsp3) is 0.235. The summed E-state index contributed by atoms with van der Waals surface area (Å²) in [6.45, 7) is 0.0736. The lowest BCUT2D eigenvalue weighted by Gasteiger charge is -2.16. The highest BCUT2D eigenvalue weighted by atomic mass is 32.2. The quantitative estimate of drug-likeness (QED) is 0.824. The zero-order valence-corrected chi connectivity index (χ0v) is 15.1. The minimum Gasteiger partial charge on any atom is -0.495 e. The van der Waals surface area contributed by atoms with Crippen molar-refractivity contribution in [2.45, 2.75) is 11.4 Å². The highest BCUT2D eigenvalue weighted by molar-refractivity contribution is 7.89. The van der Waals surface area contributed by atoms with Crippen LogP contribution >= 0.6 is 0 Å². The van der Waals surface area contributed by atoms with Crippen molar-refractivity contribution >= 4 is 21.7 Å². The van der Waals surface area contributed by atoms with Crippen molar-refractivity contribution in [1.29, 1.82) is 0 Å². The molecule has 0 saturated heterocycles. The van der Waals surface area contributed by atoms with Gasteiger partial charge in [-0.05, 0) is 23.8 Å². The molecule has 2 N–H and O–H groups in total. The van der Waals surface area contributed by atoms with Gasteiger partial charge in [0.15, 0.2) is 0 Å². The van der Waals surface area contributed by atoms with Gasteiger partial charge in [0.2, 0.25) is 10.0 Å². The molecular formula is C17H21N3O4S. The van der Waals surface area contributed by atoms with Crippen LogP contribution < -0.4 is 15.4 Å². The van der Waals surface area contributed by atoms with E-state index in [0.29, 0.717) is 17.0 Å². The number of para-hydroxylation sites is 2. The summed E-state index contributed by atoms with van der Waals surface area (Å²) < 4.78 is 31.0. The fourth-order valence-corrected chi connectivity index (χ4v) is 3.30. The maximum atomic E-state index is 12.4. The molecule has 2 aromatic carbocycles. The SMILES string of the molecule is COc1ccccc1NC(=O)NCc1ccccc1S(=O)(=O)N(C)C. The number of ether oxygens (including phenoxy) is 1. The minimum absolute atomic E-state index is 0.0736. The number of hydrogen-bond acceptors (Lipinski definition) is 4. The first kappa shape index (κ1) is 18.8. The molecule has 2 aromatic rings. The third kappa shape index (κ3) is 4.49. The Labute approximate surface area is 147 Å². The van der Waals surface area contributed by atoms with Gasteiger partial charge in [0.1, 0.15) is 5.75 Å². The lowest BCUT2D eigenvalue weighted by molar-refractivity contribution is 0.251. The van der Waals surface area contributed by atoms with Gasteiger partial charge < -0.3 is 15.4 Å². The molecule has 0 spiro atoms. The van der Waals surface area contributed by atoms with Gasteiger partial charge in [-0.15, -0.1) is 0 Å². The second-order valence-electron chi connectivity index (χ2n) is 5.40. The number of methoxy groups -OCH3 is 1. The Hall–Kier alpha value is -2.58. The van der Waals surface area contributed by atoms with Gasteiger partial charge in [-0.25, -0.2) is 17.5 Å². The smallest absolute Gasteiger partial charge is 0.319 e. The largest absolute Gasteiger partial charge is 0.495 e. The predicted molar refractivity (Wildman–Crippen MR) is 96.2 cm³/mol. The summed E-state index contributed by atoms with van der Waals surface area (Å²) in [6, 6.07) is 13.1. The Morgan fingerprint density at radius 1 is 1.08 bits per heavy atom. The van der Waals surface area contributed by atoms with E-state index in [2.05, 4.69) is 10.6 Å². The molecule has 0 bridgehead atoms. The first-order chi connectivity index (χ1) is 11.9. The number of carbonyl (C=O) groups excluding carboxylic acids is 1. The number of urea groups is 1. The summed E-state index contributed by atoms with van der Waals surface area (Å²) in [5.74, 6) is 0.535. The van der Waals surface area contributed by atoms with Crippen molar-refractivity contribution in [3.8, 4) is 5.75 Å². The zero-order chi connectivity index (χ0) is 18.4. The number of nitrogens with one attached hydrogen (secondary N) is 2. The van der Waals surface area contributed by atoms with E-state index < -0.39 is 16.1 Å². The monoisotopic (exact) mass is 363 g/mol. The van der Waals surface area contributed by atoms with Gasteiger partial charge in [-0.3, -0.25) is 0 Å². The number of sulfonamides is 1. The van der Waals surface area contributed by atoms with E-state index in [9.17, 15) is 13.2 Å². The summed E-state index contributed by atoms with van der Waals surface area (Å²) >= 11 is 0. The van der Waals surface area contributed by atoms with Crippen molar-refractivity contribution in [3.63, 3.8) is 0 Å². The van der Waals surface area contributed by atoms with Gasteiger partial charge in [0.25, 0.3) is 0 Å². The van der Waals surface area contributed by atoms with E-state index in [-0.39, 0.29) is 11.4 Å². The van der Waals surface area contributed by atoms with Crippen LogP contribution in [0.4, 0.5) is 10.5 Å². The average molecular weight is 363 g/mol. The Morgan fingerprint density at radius 2 is 1.72 bits per heavy atom. The molecule has 0 atom stereocenters. The molecule has 134 valence electrons. The summed E-state index contributed by atoms with van der Waals surface area (Å²) in [7, 11) is 0.864. The van der Waals surface area contributed by atoms with Crippen LogP contribution in [0.2, 0.25) is 0 Å². The molecule has 8 heteroatoms. The predicted octanol–water partition coefficient (Wildman–Crippen LogP) is 2.27. The summed E-state index contributed by atoms with van der Waals surface area (Å²) in [6.07, 6.45) is 0. The standard InChI is InChI=1S/C17H21N3O4S/c1-20(2)25(22,23)16-11-7-4-8-13(16)12-18-17(21)19-14-9-5-6-10-15(14)24-3/h4-11H,12H2,1-3H3,(H2,18,19,21). The van der Waals surface area contributed by atoms with Gasteiger partial charge in [-0.2, -0.15) is 0 Å². The highest BCUT2D eigenvalue weighted by Gasteiger charge is 2.20. The number of nitrogens with zero attached hydrogens (tertiary/aromatic N) is 1. The third-order valence-corrected chi connectivity index (χ3v) is 5.44. The lowest BCUT2D eigenvalue weighted by atomic mass is 10.2. The average Bonchev–Trinajstić information content (AvgIpc) is 2.60. The van der Waals surface area contributed by atoms with Crippen LogP contribution in [0.25, 0.3) is 0 Å².